The van der Waals surface area contributed by atoms with Crippen LogP contribution < -0.4 is 15.8 Å². The van der Waals surface area contributed by atoms with Crippen molar-refractivity contribution >= 4 is 11.6 Å². The first-order valence-corrected chi connectivity index (χ1v) is 6.48. The van der Waals surface area contributed by atoms with Gasteiger partial charge in [-0.3, -0.25) is 4.79 Å². The van der Waals surface area contributed by atoms with Gasteiger partial charge in [0.05, 0.1) is 6.54 Å². The Balaban J connectivity index is 1.80. The highest BCUT2D eigenvalue weighted by Gasteiger charge is 2.06. The number of rotatable bonds is 5. The monoisotopic (exact) mass is 270 g/mol. The number of para-hydroxylation sites is 1. The van der Waals surface area contributed by atoms with Gasteiger partial charge in [0.25, 0.3) is 5.91 Å². The molecule has 2 rings (SSSR count). The van der Waals surface area contributed by atoms with Gasteiger partial charge in [0.15, 0.2) is 0 Å². The Kier molecular flexibility index (Phi) is 4.60. The van der Waals surface area contributed by atoms with Gasteiger partial charge in [-0.25, -0.2) is 0 Å². The molecule has 0 atom stereocenters. The van der Waals surface area contributed by atoms with Gasteiger partial charge in [0, 0.05) is 11.3 Å². The minimum Gasteiger partial charge on any atom is -0.492 e. The van der Waals surface area contributed by atoms with Crippen molar-refractivity contribution in [3.8, 4) is 5.75 Å². The number of nitrogens with one attached hydrogen (secondary N) is 1. The van der Waals surface area contributed by atoms with Crippen LogP contribution in [0.25, 0.3) is 0 Å². The van der Waals surface area contributed by atoms with E-state index in [9.17, 15) is 4.79 Å². The molecule has 20 heavy (non-hydrogen) atoms. The molecule has 0 aromatic heterocycles. The number of hydrogen-bond donors (Lipinski definition) is 2. The Bertz CT molecular complexity index is 562. The van der Waals surface area contributed by atoms with E-state index >= 15 is 0 Å². The van der Waals surface area contributed by atoms with Gasteiger partial charge in [-0.1, -0.05) is 18.2 Å². The lowest BCUT2D eigenvalue weighted by molar-refractivity contribution is 0.0947. The van der Waals surface area contributed by atoms with Gasteiger partial charge in [0.1, 0.15) is 12.4 Å². The van der Waals surface area contributed by atoms with E-state index in [0.29, 0.717) is 24.4 Å². The van der Waals surface area contributed by atoms with E-state index in [1.165, 1.54) is 0 Å². The van der Waals surface area contributed by atoms with Crippen molar-refractivity contribution in [3.63, 3.8) is 0 Å². The summed E-state index contributed by atoms with van der Waals surface area (Å²) in [7, 11) is 0. The number of hydrogen-bond acceptors (Lipinski definition) is 3. The van der Waals surface area contributed by atoms with Crippen molar-refractivity contribution in [2.75, 3.05) is 18.9 Å². The van der Waals surface area contributed by atoms with Gasteiger partial charge < -0.3 is 15.8 Å². The van der Waals surface area contributed by atoms with Crippen LogP contribution in [0.1, 0.15) is 15.9 Å². The van der Waals surface area contributed by atoms with Gasteiger partial charge in [0.2, 0.25) is 0 Å². The lowest BCUT2D eigenvalue weighted by Crippen LogP contribution is -2.28. The molecule has 0 spiro atoms. The van der Waals surface area contributed by atoms with Gasteiger partial charge >= 0.3 is 0 Å². The molecule has 0 radical (unpaired) electrons. The smallest absolute Gasteiger partial charge is 0.251 e. The lowest BCUT2D eigenvalue weighted by atomic mass is 10.1. The average Bonchev–Trinajstić information content (AvgIpc) is 2.43. The van der Waals surface area contributed by atoms with E-state index in [0.717, 1.165) is 11.3 Å². The fourth-order valence-corrected chi connectivity index (χ4v) is 1.90. The summed E-state index contributed by atoms with van der Waals surface area (Å²) >= 11 is 0. The Morgan fingerprint density at radius 3 is 2.65 bits per heavy atom. The summed E-state index contributed by atoms with van der Waals surface area (Å²) in [6, 6.07) is 14.8. The van der Waals surface area contributed by atoms with Crippen molar-refractivity contribution in [2.45, 2.75) is 6.92 Å². The third kappa shape index (κ3) is 4.02. The molecular formula is C16H18N2O2. The third-order valence-electron chi connectivity index (χ3n) is 2.76. The zero-order valence-corrected chi connectivity index (χ0v) is 11.4. The van der Waals surface area contributed by atoms with Crippen molar-refractivity contribution < 1.29 is 9.53 Å². The second-order valence-electron chi connectivity index (χ2n) is 4.55. The predicted molar refractivity (Wildman–Crippen MR) is 79.9 cm³/mol. The van der Waals surface area contributed by atoms with Crippen LogP contribution in [0.15, 0.2) is 48.5 Å². The van der Waals surface area contributed by atoms with Crippen molar-refractivity contribution in [2.24, 2.45) is 0 Å². The maximum atomic E-state index is 11.9. The van der Waals surface area contributed by atoms with E-state index in [4.69, 9.17) is 10.5 Å². The molecule has 0 saturated heterocycles. The number of carbonyl (C=O) groups is 1. The van der Waals surface area contributed by atoms with Crippen molar-refractivity contribution in [1.29, 1.82) is 0 Å². The zero-order valence-electron chi connectivity index (χ0n) is 11.4. The van der Waals surface area contributed by atoms with E-state index in [1.807, 2.05) is 49.4 Å². The summed E-state index contributed by atoms with van der Waals surface area (Å²) < 4.78 is 5.50. The topological polar surface area (TPSA) is 64.4 Å². The SMILES string of the molecule is Cc1cc(N)cc(C(=O)NCCOc2ccccc2)c1. The Morgan fingerprint density at radius 1 is 1.20 bits per heavy atom. The molecule has 4 heteroatoms. The number of carbonyl (C=O) groups excluding carboxylic acids is 1. The molecule has 2 aromatic carbocycles. The normalized spacial score (nSPS) is 10.1. The number of nitrogens with two attached hydrogens (primary N) is 1. The molecule has 0 bridgehead atoms. The summed E-state index contributed by atoms with van der Waals surface area (Å²) in [6.07, 6.45) is 0. The van der Waals surface area contributed by atoms with Crippen molar-refractivity contribution in [3.05, 3.63) is 59.7 Å². The summed E-state index contributed by atoms with van der Waals surface area (Å²) in [5.74, 6) is 0.651. The fourth-order valence-electron chi connectivity index (χ4n) is 1.90. The van der Waals surface area contributed by atoms with Crippen LogP contribution in [0, 0.1) is 6.92 Å². The predicted octanol–water partition coefficient (Wildman–Crippen LogP) is 2.39. The van der Waals surface area contributed by atoms with Gasteiger partial charge in [-0.2, -0.15) is 0 Å². The van der Waals surface area contributed by atoms with Crippen LogP contribution in [-0.4, -0.2) is 19.1 Å². The maximum absolute atomic E-state index is 11.9. The molecule has 0 saturated carbocycles. The Labute approximate surface area is 118 Å². The summed E-state index contributed by atoms with van der Waals surface area (Å²) in [4.78, 5) is 11.9. The van der Waals surface area contributed by atoms with E-state index in [-0.39, 0.29) is 5.91 Å². The Morgan fingerprint density at radius 2 is 1.95 bits per heavy atom. The lowest BCUT2D eigenvalue weighted by Gasteiger charge is -2.08. The summed E-state index contributed by atoms with van der Waals surface area (Å²) in [6.45, 7) is 2.78. The number of amides is 1. The largest absolute Gasteiger partial charge is 0.492 e. The van der Waals surface area contributed by atoms with E-state index in [2.05, 4.69) is 5.32 Å². The van der Waals surface area contributed by atoms with Crippen LogP contribution >= 0.6 is 0 Å². The molecule has 0 aliphatic heterocycles. The molecule has 0 aliphatic carbocycles. The zero-order chi connectivity index (χ0) is 14.4. The fraction of sp³-hybridized carbons (Fsp3) is 0.188. The molecule has 0 fully saturated rings. The number of nitrogen functional groups attached to an aromatic ring is 1. The standard InChI is InChI=1S/C16H18N2O2/c1-12-9-13(11-14(17)10-12)16(19)18-7-8-20-15-5-3-2-4-6-15/h2-6,9-11H,7-8,17H2,1H3,(H,18,19). The van der Waals surface area contributed by atoms with Gasteiger partial charge in [-0.15, -0.1) is 0 Å². The first-order chi connectivity index (χ1) is 9.65. The Hall–Kier alpha value is -2.49. The number of aryl methyl sites for hydroxylation is 1. The first kappa shape index (κ1) is 13.9. The van der Waals surface area contributed by atoms with Crippen LogP contribution in [0.2, 0.25) is 0 Å². The quantitative estimate of drug-likeness (QED) is 0.647. The van der Waals surface area contributed by atoms with E-state index in [1.54, 1.807) is 6.07 Å². The molecule has 2 aromatic rings. The van der Waals surface area contributed by atoms with Crippen LogP contribution in [-0.2, 0) is 0 Å². The highest BCUT2D eigenvalue weighted by molar-refractivity contribution is 5.95. The van der Waals surface area contributed by atoms with Crippen LogP contribution in [0.3, 0.4) is 0 Å². The number of ether oxygens (including phenoxy) is 1. The molecule has 3 N–H and O–H groups in total. The molecule has 0 heterocycles. The van der Waals surface area contributed by atoms with Gasteiger partial charge in [-0.05, 0) is 42.8 Å². The first-order valence-electron chi connectivity index (χ1n) is 6.48. The van der Waals surface area contributed by atoms with Crippen molar-refractivity contribution in [1.82, 2.24) is 5.32 Å². The highest BCUT2D eigenvalue weighted by atomic mass is 16.5. The molecule has 4 nitrogen and oxygen atoms in total. The van der Waals surface area contributed by atoms with Crippen LogP contribution in [0.5, 0.6) is 5.75 Å². The minimum absolute atomic E-state index is 0.142. The third-order valence-corrected chi connectivity index (χ3v) is 2.76. The average molecular weight is 270 g/mol. The number of anilines is 1. The van der Waals surface area contributed by atoms with Crippen LogP contribution in [0.4, 0.5) is 5.69 Å². The number of benzene rings is 2. The molecule has 0 aliphatic rings. The van der Waals surface area contributed by atoms with E-state index < -0.39 is 0 Å². The highest BCUT2D eigenvalue weighted by Crippen LogP contribution is 2.11. The maximum Gasteiger partial charge on any atom is 0.251 e. The second-order valence-corrected chi connectivity index (χ2v) is 4.55. The summed E-state index contributed by atoms with van der Waals surface area (Å²) in [5, 5.41) is 2.80. The summed E-state index contributed by atoms with van der Waals surface area (Å²) in [5.41, 5.74) is 7.86. The molecule has 0 unspecified atom stereocenters. The second kappa shape index (κ2) is 6.61. The minimum atomic E-state index is -0.142. The molecular weight excluding hydrogens is 252 g/mol. The molecule has 1 amide bonds. The molecule has 104 valence electrons.